The second kappa shape index (κ2) is 9.97. The second-order valence-corrected chi connectivity index (χ2v) is 6.98. The van der Waals surface area contributed by atoms with Crippen LogP contribution < -0.4 is 4.74 Å². The molecule has 0 saturated carbocycles. The summed E-state index contributed by atoms with van der Waals surface area (Å²) in [6.07, 6.45) is 6.72. The lowest BCUT2D eigenvalue weighted by Crippen LogP contribution is -1.97. The second-order valence-electron chi connectivity index (χ2n) is 6.98. The van der Waals surface area contributed by atoms with Crippen LogP contribution in [0.4, 0.5) is 13.2 Å². The summed E-state index contributed by atoms with van der Waals surface area (Å²) in [7, 11) is 0. The molecule has 30 heavy (non-hydrogen) atoms. The normalized spacial score (nSPS) is 11.1. The zero-order valence-corrected chi connectivity index (χ0v) is 16.8. The zero-order chi connectivity index (χ0) is 21.5. The minimum Gasteiger partial charge on any atom is -0.493 e. The van der Waals surface area contributed by atoms with E-state index in [1.54, 1.807) is 42.5 Å². The number of unbranched alkanes of at least 4 members (excludes halogenated alkanes) is 1. The van der Waals surface area contributed by atoms with Crippen molar-refractivity contribution in [3.8, 4) is 16.9 Å². The van der Waals surface area contributed by atoms with Gasteiger partial charge in [0.2, 0.25) is 0 Å². The fourth-order valence-electron chi connectivity index (χ4n) is 2.99. The first-order valence-corrected chi connectivity index (χ1v) is 9.76. The van der Waals surface area contributed by atoms with E-state index >= 15 is 0 Å². The van der Waals surface area contributed by atoms with Gasteiger partial charge in [-0.1, -0.05) is 54.6 Å². The van der Waals surface area contributed by atoms with Gasteiger partial charge in [-0.15, -0.1) is 6.58 Å². The first-order chi connectivity index (χ1) is 14.5. The predicted molar refractivity (Wildman–Crippen MR) is 117 cm³/mol. The third-order valence-electron chi connectivity index (χ3n) is 4.74. The highest BCUT2D eigenvalue weighted by Gasteiger charge is 2.09. The summed E-state index contributed by atoms with van der Waals surface area (Å²) in [5.74, 6) is -1.57. The number of benzene rings is 3. The van der Waals surface area contributed by atoms with E-state index in [1.807, 2.05) is 6.08 Å². The molecule has 0 aliphatic carbocycles. The van der Waals surface area contributed by atoms with Gasteiger partial charge in [-0.25, -0.2) is 13.2 Å². The lowest BCUT2D eigenvalue weighted by atomic mass is 10.0. The fourth-order valence-corrected chi connectivity index (χ4v) is 2.99. The van der Waals surface area contributed by atoms with E-state index in [0.29, 0.717) is 17.9 Å². The smallest absolute Gasteiger partial charge is 0.166 e. The lowest BCUT2D eigenvalue weighted by molar-refractivity contribution is 0.310. The molecule has 0 heterocycles. The maximum Gasteiger partial charge on any atom is 0.166 e. The van der Waals surface area contributed by atoms with Gasteiger partial charge >= 0.3 is 0 Å². The number of allylic oxidation sites excluding steroid dienone is 1. The molecule has 0 N–H and O–H groups in total. The molecule has 0 aromatic heterocycles. The standard InChI is InChI=1S/C26H23F3O/c1-3-4-5-16-30-22-14-15-23(24(27)17-22)20-11-7-19(8-12-20)9-13-21-10-6-18(2)25(28)26(21)29/h3,6-15,17H,1,4-5,16H2,2H3/b13-9+. The largest absolute Gasteiger partial charge is 0.493 e. The molecule has 1 nitrogen and oxygen atoms in total. The molecule has 0 unspecified atom stereocenters. The zero-order valence-electron chi connectivity index (χ0n) is 16.8. The van der Waals surface area contributed by atoms with Crippen LogP contribution in [0.3, 0.4) is 0 Å². The molecule has 4 heteroatoms. The van der Waals surface area contributed by atoms with E-state index in [-0.39, 0.29) is 16.9 Å². The van der Waals surface area contributed by atoms with Crippen molar-refractivity contribution in [3.63, 3.8) is 0 Å². The molecule has 0 radical (unpaired) electrons. The molecule has 3 aromatic carbocycles. The molecule has 0 aliphatic heterocycles. The van der Waals surface area contributed by atoms with Gasteiger partial charge in [0, 0.05) is 17.2 Å². The summed E-state index contributed by atoms with van der Waals surface area (Å²) in [5, 5.41) is 0. The third-order valence-corrected chi connectivity index (χ3v) is 4.74. The molecule has 0 aliphatic rings. The Hall–Kier alpha value is -3.27. The number of hydrogen-bond acceptors (Lipinski definition) is 1. The Kier molecular flexibility index (Phi) is 7.12. The fraction of sp³-hybridized carbons (Fsp3) is 0.154. The molecule has 0 amide bonds. The maximum atomic E-state index is 14.5. The molecule has 0 atom stereocenters. The van der Waals surface area contributed by atoms with Crippen LogP contribution in [0.25, 0.3) is 23.3 Å². The van der Waals surface area contributed by atoms with Crippen LogP contribution in [0.5, 0.6) is 5.75 Å². The van der Waals surface area contributed by atoms with Gasteiger partial charge in [0.05, 0.1) is 6.61 Å². The highest BCUT2D eigenvalue weighted by molar-refractivity contribution is 5.72. The number of halogens is 3. The van der Waals surface area contributed by atoms with Crippen LogP contribution in [0, 0.1) is 24.4 Å². The number of hydrogen-bond donors (Lipinski definition) is 0. The van der Waals surface area contributed by atoms with Gasteiger partial charge in [0.25, 0.3) is 0 Å². The van der Waals surface area contributed by atoms with Crippen LogP contribution in [0.1, 0.15) is 29.5 Å². The molecule has 3 rings (SSSR count). The van der Waals surface area contributed by atoms with E-state index in [4.69, 9.17) is 4.74 Å². The van der Waals surface area contributed by atoms with Crippen molar-refractivity contribution >= 4 is 12.2 Å². The van der Waals surface area contributed by atoms with Crippen LogP contribution in [-0.4, -0.2) is 6.61 Å². The minimum absolute atomic E-state index is 0.178. The summed E-state index contributed by atoms with van der Waals surface area (Å²) >= 11 is 0. The van der Waals surface area contributed by atoms with Gasteiger partial charge in [0.15, 0.2) is 11.6 Å². The minimum atomic E-state index is -0.864. The Morgan fingerprint density at radius 2 is 1.67 bits per heavy atom. The third kappa shape index (κ3) is 5.20. The average Bonchev–Trinajstić information content (AvgIpc) is 2.75. The van der Waals surface area contributed by atoms with Crippen molar-refractivity contribution in [1.29, 1.82) is 0 Å². The van der Waals surface area contributed by atoms with E-state index in [1.165, 1.54) is 31.2 Å². The number of rotatable bonds is 8. The SMILES string of the molecule is C=CCCCOc1ccc(-c2ccc(/C=C/c3ccc(C)c(F)c3F)cc2)c(F)c1. The molecule has 0 saturated heterocycles. The average molecular weight is 408 g/mol. The molecule has 0 bridgehead atoms. The Bertz CT molecular complexity index is 1050. The number of aryl methyl sites for hydroxylation is 1. The van der Waals surface area contributed by atoms with Gasteiger partial charge in [-0.3, -0.25) is 0 Å². The Morgan fingerprint density at radius 3 is 2.37 bits per heavy atom. The lowest BCUT2D eigenvalue weighted by Gasteiger charge is -2.09. The van der Waals surface area contributed by atoms with Crippen LogP contribution >= 0.6 is 0 Å². The molecule has 3 aromatic rings. The van der Waals surface area contributed by atoms with E-state index in [2.05, 4.69) is 6.58 Å². The van der Waals surface area contributed by atoms with E-state index in [9.17, 15) is 13.2 Å². The molecular formula is C26H23F3O. The highest BCUT2D eigenvalue weighted by atomic mass is 19.2. The van der Waals surface area contributed by atoms with Crippen molar-refractivity contribution in [2.75, 3.05) is 6.61 Å². The molecule has 154 valence electrons. The van der Waals surface area contributed by atoms with Crippen molar-refractivity contribution in [2.24, 2.45) is 0 Å². The van der Waals surface area contributed by atoms with Crippen molar-refractivity contribution in [2.45, 2.75) is 19.8 Å². The summed E-state index contributed by atoms with van der Waals surface area (Å²) in [4.78, 5) is 0. The number of ether oxygens (including phenoxy) is 1. The summed E-state index contributed by atoms with van der Waals surface area (Å²) in [6, 6.07) is 15.1. The van der Waals surface area contributed by atoms with Crippen molar-refractivity contribution in [3.05, 3.63) is 101 Å². The summed E-state index contributed by atoms with van der Waals surface area (Å²) in [5.41, 5.74) is 2.42. The topological polar surface area (TPSA) is 9.23 Å². The van der Waals surface area contributed by atoms with Gasteiger partial charge < -0.3 is 4.74 Å². The van der Waals surface area contributed by atoms with E-state index in [0.717, 1.165) is 24.0 Å². The van der Waals surface area contributed by atoms with Crippen molar-refractivity contribution in [1.82, 2.24) is 0 Å². The van der Waals surface area contributed by atoms with Gasteiger partial charge in [0.1, 0.15) is 11.6 Å². The van der Waals surface area contributed by atoms with Crippen LogP contribution in [0.15, 0.2) is 67.3 Å². The highest BCUT2D eigenvalue weighted by Crippen LogP contribution is 2.27. The van der Waals surface area contributed by atoms with Gasteiger partial charge in [-0.05, 0) is 48.6 Å². The molecular weight excluding hydrogens is 385 g/mol. The monoisotopic (exact) mass is 408 g/mol. The molecule has 0 spiro atoms. The Morgan fingerprint density at radius 1 is 0.900 bits per heavy atom. The van der Waals surface area contributed by atoms with Gasteiger partial charge in [-0.2, -0.15) is 0 Å². The Labute approximate surface area is 175 Å². The first kappa shape index (κ1) is 21.4. The summed E-state index contributed by atoms with van der Waals surface area (Å²) in [6.45, 7) is 5.69. The first-order valence-electron chi connectivity index (χ1n) is 9.76. The van der Waals surface area contributed by atoms with E-state index < -0.39 is 11.6 Å². The van der Waals surface area contributed by atoms with Crippen LogP contribution in [0.2, 0.25) is 0 Å². The quantitative estimate of drug-likeness (QED) is 0.212. The Balaban J connectivity index is 1.71. The maximum absolute atomic E-state index is 14.5. The predicted octanol–water partition coefficient (Wildman–Crippen LogP) is 7.59. The molecule has 0 fully saturated rings. The summed E-state index contributed by atoms with van der Waals surface area (Å²) < 4.78 is 47.7. The van der Waals surface area contributed by atoms with Crippen LogP contribution in [-0.2, 0) is 0 Å². The van der Waals surface area contributed by atoms with Crippen molar-refractivity contribution < 1.29 is 17.9 Å².